The summed E-state index contributed by atoms with van der Waals surface area (Å²) >= 11 is 0. The van der Waals surface area contributed by atoms with Crippen LogP contribution in [0.3, 0.4) is 0 Å². The van der Waals surface area contributed by atoms with E-state index in [4.69, 9.17) is 4.74 Å². The Morgan fingerprint density at radius 3 is 2.43 bits per heavy atom. The first-order valence-electron chi connectivity index (χ1n) is 11.3. The zero-order valence-electron chi connectivity index (χ0n) is 18.2. The second-order valence-electron chi connectivity index (χ2n) is 10.4. The highest BCUT2D eigenvalue weighted by atomic mass is 16.6. The number of aliphatic hydroxyl groups excluding tert-OH is 2. The lowest BCUT2D eigenvalue weighted by molar-refractivity contribution is -0.201. The maximum Gasteiger partial charge on any atom is 0.332 e. The molecule has 1 unspecified atom stereocenters. The fourth-order valence-corrected chi connectivity index (χ4v) is 7.72. The maximum absolute atomic E-state index is 12.2. The van der Waals surface area contributed by atoms with Gasteiger partial charge in [0.15, 0.2) is 0 Å². The Bertz CT molecular complexity index is 603. The van der Waals surface area contributed by atoms with Gasteiger partial charge in [-0.2, -0.15) is 0 Å². The Morgan fingerprint density at radius 1 is 1.18 bits per heavy atom. The van der Waals surface area contributed by atoms with Gasteiger partial charge >= 0.3 is 5.97 Å². The second kappa shape index (κ2) is 7.75. The van der Waals surface area contributed by atoms with E-state index in [9.17, 15) is 15.0 Å². The third-order valence-corrected chi connectivity index (χ3v) is 9.60. The molecule has 0 aromatic carbocycles. The molecular weight excluding hydrogens is 352 g/mol. The lowest BCUT2D eigenvalue weighted by Gasteiger charge is -2.62. The van der Waals surface area contributed by atoms with Crippen molar-refractivity contribution in [3.63, 3.8) is 0 Å². The van der Waals surface area contributed by atoms with E-state index in [-0.39, 0.29) is 34.9 Å². The Balaban J connectivity index is 2.18. The zero-order valence-corrected chi connectivity index (χ0v) is 18.2. The highest BCUT2D eigenvalue weighted by Gasteiger charge is 2.66. The van der Waals surface area contributed by atoms with Crippen LogP contribution in [0.25, 0.3) is 0 Å². The predicted molar refractivity (Wildman–Crippen MR) is 111 cm³/mol. The van der Waals surface area contributed by atoms with Gasteiger partial charge in [-0.3, -0.25) is 0 Å². The lowest BCUT2D eigenvalue weighted by atomic mass is 9.43. The van der Waals surface area contributed by atoms with E-state index in [1.54, 1.807) is 0 Å². The van der Waals surface area contributed by atoms with Crippen LogP contribution in [0.1, 0.15) is 72.6 Å². The number of esters is 1. The number of carbonyl (C=O) groups is 1. The van der Waals surface area contributed by atoms with Gasteiger partial charge in [0, 0.05) is 12.0 Å². The molecule has 3 fully saturated rings. The Morgan fingerprint density at radius 2 is 1.86 bits per heavy atom. The third kappa shape index (κ3) is 3.06. The van der Waals surface area contributed by atoms with Crippen LogP contribution >= 0.6 is 0 Å². The van der Waals surface area contributed by atoms with Gasteiger partial charge in [-0.05, 0) is 79.4 Å². The molecule has 8 atom stereocenters. The van der Waals surface area contributed by atoms with Crippen molar-refractivity contribution in [3.05, 3.63) is 12.7 Å². The van der Waals surface area contributed by atoms with Gasteiger partial charge in [0.2, 0.25) is 0 Å². The van der Waals surface area contributed by atoms with Crippen molar-refractivity contribution in [3.8, 4) is 0 Å². The summed E-state index contributed by atoms with van der Waals surface area (Å²) < 4.78 is 6.01. The molecule has 28 heavy (non-hydrogen) atoms. The predicted octanol–water partition coefficient (Wildman–Crippen LogP) is 4.34. The smallest absolute Gasteiger partial charge is 0.332 e. The summed E-state index contributed by atoms with van der Waals surface area (Å²) in [6, 6.07) is 0. The Labute approximate surface area is 170 Å². The second-order valence-corrected chi connectivity index (χ2v) is 10.4. The standard InChI is InChI=1S/C24H40O4/c1-6-23(7-2)12-17(4)24-10-8-16(3)22(5,19(13-23)28-20(27)15-26)21(24)18(14-25)9-11-24/h6,16-19,21,25-26H,1,7-15H2,2-5H3/t16-,17-,18+,19-,21?,22+,23-,24+/m1/s1. The van der Waals surface area contributed by atoms with Crippen molar-refractivity contribution in [2.75, 3.05) is 13.2 Å². The summed E-state index contributed by atoms with van der Waals surface area (Å²) in [6.45, 7) is 13.0. The fourth-order valence-electron chi connectivity index (χ4n) is 7.72. The van der Waals surface area contributed by atoms with Crippen LogP contribution in [0.5, 0.6) is 0 Å². The summed E-state index contributed by atoms with van der Waals surface area (Å²) in [4.78, 5) is 12.2. The first-order valence-corrected chi connectivity index (χ1v) is 11.3. The molecule has 0 aliphatic heterocycles. The molecule has 2 bridgehead atoms. The van der Waals surface area contributed by atoms with Crippen LogP contribution in [-0.4, -0.2) is 35.5 Å². The van der Waals surface area contributed by atoms with Crippen LogP contribution in [-0.2, 0) is 9.53 Å². The minimum atomic E-state index is -0.580. The number of allylic oxidation sites excluding steroid dienone is 1. The number of ether oxygens (including phenoxy) is 1. The van der Waals surface area contributed by atoms with Crippen molar-refractivity contribution < 1.29 is 19.7 Å². The molecule has 3 saturated carbocycles. The van der Waals surface area contributed by atoms with Crippen LogP contribution in [0, 0.1) is 39.9 Å². The molecule has 160 valence electrons. The highest BCUT2D eigenvalue weighted by Crippen LogP contribution is 2.70. The van der Waals surface area contributed by atoms with Crippen LogP contribution in [0.15, 0.2) is 12.7 Å². The number of rotatable bonds is 5. The van der Waals surface area contributed by atoms with E-state index < -0.39 is 12.6 Å². The average molecular weight is 393 g/mol. The van der Waals surface area contributed by atoms with Gasteiger partial charge in [0.25, 0.3) is 0 Å². The third-order valence-electron chi connectivity index (χ3n) is 9.60. The van der Waals surface area contributed by atoms with E-state index in [1.165, 1.54) is 6.42 Å². The monoisotopic (exact) mass is 392 g/mol. The molecule has 0 spiro atoms. The average Bonchev–Trinajstić information content (AvgIpc) is 3.09. The summed E-state index contributed by atoms with van der Waals surface area (Å²) in [5, 5.41) is 19.7. The quantitative estimate of drug-likeness (QED) is 0.539. The molecular formula is C24H40O4. The number of carbonyl (C=O) groups excluding carboxylic acids is 1. The Hall–Kier alpha value is -0.870. The van der Waals surface area contributed by atoms with Crippen molar-refractivity contribution >= 4 is 5.97 Å². The summed E-state index contributed by atoms with van der Waals surface area (Å²) in [5.41, 5.74) is -0.0686. The maximum atomic E-state index is 12.2. The molecule has 0 aromatic rings. The van der Waals surface area contributed by atoms with Gasteiger partial charge in [0.1, 0.15) is 12.7 Å². The molecule has 4 nitrogen and oxygen atoms in total. The molecule has 0 saturated heterocycles. The van der Waals surface area contributed by atoms with Gasteiger partial charge in [-0.1, -0.05) is 33.8 Å². The van der Waals surface area contributed by atoms with E-state index in [0.29, 0.717) is 17.8 Å². The molecule has 3 rings (SSSR count). The van der Waals surface area contributed by atoms with Crippen LogP contribution in [0.2, 0.25) is 0 Å². The van der Waals surface area contributed by atoms with Gasteiger partial charge in [-0.15, -0.1) is 6.58 Å². The van der Waals surface area contributed by atoms with Crippen LogP contribution in [0.4, 0.5) is 0 Å². The lowest BCUT2D eigenvalue weighted by Crippen LogP contribution is -2.60. The molecule has 3 aliphatic carbocycles. The Kier molecular flexibility index (Phi) is 6.05. The zero-order chi connectivity index (χ0) is 20.7. The van der Waals surface area contributed by atoms with Crippen molar-refractivity contribution in [2.45, 2.75) is 78.7 Å². The van der Waals surface area contributed by atoms with E-state index in [1.807, 2.05) is 0 Å². The molecule has 3 aliphatic rings. The molecule has 0 radical (unpaired) electrons. The topological polar surface area (TPSA) is 66.8 Å². The molecule has 2 N–H and O–H groups in total. The minimum Gasteiger partial charge on any atom is -0.460 e. The minimum absolute atomic E-state index is 0.0621. The molecule has 0 aromatic heterocycles. The van der Waals surface area contributed by atoms with Gasteiger partial charge < -0.3 is 14.9 Å². The van der Waals surface area contributed by atoms with E-state index >= 15 is 0 Å². The van der Waals surface area contributed by atoms with E-state index in [0.717, 1.165) is 38.5 Å². The van der Waals surface area contributed by atoms with Gasteiger partial charge in [0.05, 0.1) is 0 Å². The highest BCUT2D eigenvalue weighted by molar-refractivity contribution is 5.70. The first-order chi connectivity index (χ1) is 13.2. The molecule has 0 amide bonds. The number of hydrogen-bond donors (Lipinski definition) is 2. The van der Waals surface area contributed by atoms with Crippen molar-refractivity contribution in [1.29, 1.82) is 0 Å². The summed E-state index contributed by atoms with van der Waals surface area (Å²) in [5.74, 6) is 1.03. The number of aliphatic hydroxyl groups is 2. The first kappa shape index (κ1) is 21.8. The van der Waals surface area contributed by atoms with Gasteiger partial charge in [-0.25, -0.2) is 4.79 Å². The SMILES string of the molecule is C=C[C@@]1(CC)C[C@@H](C)[C@]23CC[C@@H](CO)C2[C@@](C)([C@H](C)CC3)[C@H](OC(=O)CO)C1. The summed E-state index contributed by atoms with van der Waals surface area (Å²) in [7, 11) is 0. The largest absolute Gasteiger partial charge is 0.460 e. The van der Waals surface area contributed by atoms with E-state index in [2.05, 4.69) is 40.3 Å². The molecule has 0 heterocycles. The summed E-state index contributed by atoms with van der Waals surface area (Å²) in [6.07, 6.45) is 9.18. The van der Waals surface area contributed by atoms with Crippen molar-refractivity contribution in [1.82, 2.24) is 0 Å². The van der Waals surface area contributed by atoms with Crippen LogP contribution < -0.4 is 0 Å². The number of hydrogen-bond acceptors (Lipinski definition) is 4. The normalized spacial score (nSPS) is 48.3. The van der Waals surface area contributed by atoms with Crippen molar-refractivity contribution in [2.24, 2.45) is 39.9 Å². The fraction of sp³-hybridized carbons (Fsp3) is 0.875. The molecule has 4 heteroatoms.